The third-order valence-corrected chi connectivity index (χ3v) is 6.56. The van der Waals surface area contributed by atoms with Gasteiger partial charge in [-0.05, 0) is 35.2 Å². The molecule has 1 aromatic heterocycles. The van der Waals surface area contributed by atoms with Crippen LogP contribution in [0.25, 0.3) is 0 Å². The number of carbonyl (C=O) groups excluding carboxylic acids is 1. The molecule has 7 heteroatoms. The van der Waals surface area contributed by atoms with E-state index in [1.54, 1.807) is 11.3 Å². The van der Waals surface area contributed by atoms with Crippen LogP contribution in [-0.2, 0) is 30.9 Å². The first kappa shape index (κ1) is 21.0. The number of thiazole rings is 1. The minimum absolute atomic E-state index is 0.00474. The monoisotopic (exact) mass is 441 g/mol. The molecule has 5 nitrogen and oxygen atoms in total. The van der Waals surface area contributed by atoms with Crippen molar-refractivity contribution in [2.45, 2.75) is 45.5 Å². The molecule has 2 N–H and O–H groups in total. The molecule has 0 unspecified atom stereocenters. The van der Waals surface area contributed by atoms with Crippen LogP contribution in [0.1, 0.15) is 46.6 Å². The summed E-state index contributed by atoms with van der Waals surface area (Å²) in [4.78, 5) is 20.8. The molecule has 1 aliphatic rings. The summed E-state index contributed by atoms with van der Waals surface area (Å²) in [5.74, 6) is -0.0785. The summed E-state index contributed by atoms with van der Waals surface area (Å²) in [5.41, 5.74) is 4.06. The van der Waals surface area contributed by atoms with Crippen LogP contribution in [0.2, 0.25) is 5.02 Å². The number of benzene rings is 2. The highest BCUT2D eigenvalue weighted by atomic mass is 35.5. The molecule has 1 atom stereocenters. The van der Waals surface area contributed by atoms with Crippen LogP contribution in [0.5, 0.6) is 0 Å². The maximum atomic E-state index is 12.4. The molecular weight excluding hydrogens is 418 g/mol. The zero-order chi connectivity index (χ0) is 21.1. The lowest BCUT2D eigenvalue weighted by atomic mass is 10.1. The standard InChI is InChI=1S/C23H24ClN3O2S/c1-2-19-22-20(13-27(19)12-16-7-9-18(24)10-8-16)30-23(26-22)25-21(29)11-15-3-5-17(14-28)6-4-15/h3-10,19,28H,2,11-14H2,1H3,(H,25,26,29)/t19-/m0/s1. The van der Waals surface area contributed by atoms with Crippen molar-refractivity contribution < 1.29 is 9.90 Å². The van der Waals surface area contributed by atoms with Gasteiger partial charge in [0.25, 0.3) is 0 Å². The van der Waals surface area contributed by atoms with Gasteiger partial charge in [0.05, 0.1) is 24.8 Å². The largest absolute Gasteiger partial charge is 0.392 e. The lowest BCUT2D eigenvalue weighted by Crippen LogP contribution is -2.22. The topological polar surface area (TPSA) is 65.5 Å². The number of fused-ring (bicyclic) bond motifs is 1. The molecule has 0 aliphatic carbocycles. The van der Waals surface area contributed by atoms with E-state index in [0.29, 0.717) is 5.13 Å². The molecule has 0 saturated heterocycles. The molecule has 30 heavy (non-hydrogen) atoms. The van der Waals surface area contributed by atoms with E-state index in [-0.39, 0.29) is 25.0 Å². The van der Waals surface area contributed by atoms with Crippen molar-refractivity contribution in [1.29, 1.82) is 0 Å². The van der Waals surface area contributed by atoms with Gasteiger partial charge in [-0.2, -0.15) is 0 Å². The Balaban J connectivity index is 1.39. The Bertz CT molecular complexity index is 1020. The molecule has 2 aromatic carbocycles. The molecule has 2 heterocycles. The van der Waals surface area contributed by atoms with E-state index < -0.39 is 0 Å². The summed E-state index contributed by atoms with van der Waals surface area (Å²) in [6.07, 6.45) is 1.25. The van der Waals surface area contributed by atoms with Crippen LogP contribution >= 0.6 is 22.9 Å². The van der Waals surface area contributed by atoms with Gasteiger partial charge < -0.3 is 10.4 Å². The summed E-state index contributed by atoms with van der Waals surface area (Å²) in [5, 5.41) is 13.5. The fourth-order valence-corrected chi connectivity index (χ4v) is 5.00. The first-order valence-corrected chi connectivity index (χ1v) is 11.2. The van der Waals surface area contributed by atoms with Crippen molar-refractivity contribution >= 4 is 34.0 Å². The Morgan fingerprint density at radius 1 is 1.17 bits per heavy atom. The predicted octanol–water partition coefficient (Wildman–Crippen LogP) is 4.94. The maximum absolute atomic E-state index is 12.4. The zero-order valence-corrected chi connectivity index (χ0v) is 18.3. The maximum Gasteiger partial charge on any atom is 0.230 e. The highest BCUT2D eigenvalue weighted by molar-refractivity contribution is 7.15. The first-order valence-electron chi connectivity index (χ1n) is 10.0. The Morgan fingerprint density at radius 2 is 1.83 bits per heavy atom. The predicted molar refractivity (Wildman–Crippen MR) is 121 cm³/mol. The van der Waals surface area contributed by atoms with Crippen molar-refractivity contribution in [1.82, 2.24) is 9.88 Å². The number of aliphatic hydroxyl groups excluding tert-OH is 1. The molecule has 156 valence electrons. The Morgan fingerprint density at radius 3 is 2.50 bits per heavy atom. The Kier molecular flexibility index (Phi) is 6.49. The van der Waals surface area contributed by atoms with Crippen LogP contribution in [0.3, 0.4) is 0 Å². The smallest absolute Gasteiger partial charge is 0.230 e. The van der Waals surface area contributed by atoms with Crippen LogP contribution in [-0.4, -0.2) is 20.9 Å². The molecule has 1 amide bonds. The van der Waals surface area contributed by atoms with Crippen LogP contribution in [0.15, 0.2) is 48.5 Å². The fourth-order valence-electron chi connectivity index (χ4n) is 3.81. The van der Waals surface area contributed by atoms with Gasteiger partial charge in [0.1, 0.15) is 0 Å². The number of carbonyl (C=O) groups is 1. The van der Waals surface area contributed by atoms with E-state index in [4.69, 9.17) is 21.7 Å². The van der Waals surface area contributed by atoms with Gasteiger partial charge in [-0.15, -0.1) is 11.3 Å². The lowest BCUT2D eigenvalue weighted by Gasteiger charge is -2.23. The number of nitrogens with zero attached hydrogens (tertiary/aromatic N) is 2. The number of halogens is 1. The third-order valence-electron chi connectivity index (χ3n) is 5.33. The zero-order valence-electron chi connectivity index (χ0n) is 16.8. The summed E-state index contributed by atoms with van der Waals surface area (Å²) in [6.45, 7) is 3.87. The van der Waals surface area contributed by atoms with E-state index in [2.05, 4.69) is 29.3 Å². The first-order chi connectivity index (χ1) is 14.6. The minimum atomic E-state index is -0.0785. The molecule has 0 bridgehead atoms. The van der Waals surface area contributed by atoms with Crippen molar-refractivity contribution in [2.24, 2.45) is 0 Å². The lowest BCUT2D eigenvalue weighted by molar-refractivity contribution is -0.115. The minimum Gasteiger partial charge on any atom is -0.392 e. The quantitative estimate of drug-likeness (QED) is 0.545. The van der Waals surface area contributed by atoms with Crippen molar-refractivity contribution in [3.8, 4) is 0 Å². The number of hydrogen-bond acceptors (Lipinski definition) is 5. The molecule has 0 saturated carbocycles. The second kappa shape index (κ2) is 9.27. The van der Waals surface area contributed by atoms with E-state index in [9.17, 15) is 4.79 Å². The number of hydrogen-bond donors (Lipinski definition) is 2. The van der Waals surface area contributed by atoms with Gasteiger partial charge in [0.2, 0.25) is 5.91 Å². The van der Waals surface area contributed by atoms with Crippen LogP contribution in [0.4, 0.5) is 5.13 Å². The summed E-state index contributed by atoms with van der Waals surface area (Å²) in [6, 6.07) is 15.6. The molecule has 0 spiro atoms. The summed E-state index contributed by atoms with van der Waals surface area (Å²) in [7, 11) is 0. The molecule has 0 radical (unpaired) electrons. The van der Waals surface area contributed by atoms with E-state index in [1.807, 2.05) is 36.4 Å². The summed E-state index contributed by atoms with van der Waals surface area (Å²) < 4.78 is 0. The van der Waals surface area contributed by atoms with E-state index >= 15 is 0 Å². The van der Waals surface area contributed by atoms with Gasteiger partial charge >= 0.3 is 0 Å². The molecule has 0 fully saturated rings. The average Bonchev–Trinajstić information content (AvgIpc) is 3.26. The summed E-state index contributed by atoms with van der Waals surface area (Å²) >= 11 is 7.56. The molecular formula is C23H24ClN3O2S. The van der Waals surface area contributed by atoms with Gasteiger partial charge in [-0.3, -0.25) is 9.69 Å². The van der Waals surface area contributed by atoms with Gasteiger partial charge in [-0.1, -0.05) is 54.9 Å². The number of rotatable bonds is 7. The second-order valence-corrected chi connectivity index (χ2v) is 9.00. The fraction of sp³-hybridized carbons (Fsp3) is 0.304. The van der Waals surface area contributed by atoms with Crippen molar-refractivity contribution in [3.05, 3.63) is 80.8 Å². The van der Waals surface area contributed by atoms with Crippen molar-refractivity contribution in [2.75, 3.05) is 5.32 Å². The van der Waals surface area contributed by atoms with Gasteiger partial charge in [0, 0.05) is 23.0 Å². The molecule has 1 aliphatic heterocycles. The number of amides is 1. The average molecular weight is 442 g/mol. The molecule has 3 aromatic rings. The Labute approximate surface area is 185 Å². The van der Waals surface area contributed by atoms with Crippen molar-refractivity contribution in [3.63, 3.8) is 0 Å². The van der Waals surface area contributed by atoms with Crippen LogP contribution < -0.4 is 5.32 Å². The number of anilines is 1. The Hall–Kier alpha value is -2.25. The third kappa shape index (κ3) is 4.73. The van der Waals surface area contributed by atoms with Crippen LogP contribution in [0, 0.1) is 0 Å². The van der Waals surface area contributed by atoms with E-state index in [0.717, 1.165) is 41.4 Å². The SMILES string of the molecule is CC[C@H]1c2nc(NC(=O)Cc3ccc(CO)cc3)sc2CN1Cc1ccc(Cl)cc1. The number of aliphatic hydroxyl groups is 1. The molecule has 4 rings (SSSR count). The second-order valence-electron chi connectivity index (χ2n) is 7.48. The van der Waals surface area contributed by atoms with E-state index in [1.165, 1.54) is 10.4 Å². The highest BCUT2D eigenvalue weighted by Crippen LogP contribution is 2.41. The normalized spacial score (nSPS) is 15.9. The van der Waals surface area contributed by atoms with Gasteiger partial charge in [0.15, 0.2) is 5.13 Å². The van der Waals surface area contributed by atoms with Gasteiger partial charge in [-0.25, -0.2) is 4.98 Å². The number of aromatic nitrogens is 1. The highest BCUT2D eigenvalue weighted by Gasteiger charge is 2.33. The number of nitrogens with one attached hydrogen (secondary N) is 1.